The summed E-state index contributed by atoms with van der Waals surface area (Å²) < 4.78 is 5.32. The van der Waals surface area contributed by atoms with E-state index in [2.05, 4.69) is 0 Å². The molecular formula is C14H17NO3. The SMILES string of the molecule is Cc1c(CCO)c(=O)oc2cc(N(C)C)ccc12. The Bertz CT molecular complexity index is 629. The molecular weight excluding hydrogens is 230 g/mol. The summed E-state index contributed by atoms with van der Waals surface area (Å²) in [7, 11) is 3.87. The van der Waals surface area contributed by atoms with Crippen LogP contribution in [0.15, 0.2) is 27.4 Å². The van der Waals surface area contributed by atoms with Crippen molar-refractivity contribution < 1.29 is 9.52 Å². The number of aliphatic hydroxyl groups is 1. The van der Waals surface area contributed by atoms with Crippen molar-refractivity contribution in [3.63, 3.8) is 0 Å². The van der Waals surface area contributed by atoms with Gasteiger partial charge in [-0.15, -0.1) is 0 Å². The minimum atomic E-state index is -0.357. The van der Waals surface area contributed by atoms with Gasteiger partial charge in [0.1, 0.15) is 5.58 Å². The fourth-order valence-electron chi connectivity index (χ4n) is 2.06. The number of hydrogen-bond donors (Lipinski definition) is 1. The van der Waals surface area contributed by atoms with Crippen LogP contribution in [0.4, 0.5) is 5.69 Å². The Kier molecular flexibility index (Phi) is 3.39. The highest BCUT2D eigenvalue weighted by Crippen LogP contribution is 2.24. The molecule has 0 atom stereocenters. The Hall–Kier alpha value is -1.81. The number of benzene rings is 1. The Morgan fingerprint density at radius 2 is 2.06 bits per heavy atom. The van der Waals surface area contributed by atoms with Gasteiger partial charge >= 0.3 is 5.63 Å². The lowest BCUT2D eigenvalue weighted by atomic mass is 10.0. The molecule has 0 amide bonds. The minimum Gasteiger partial charge on any atom is -0.422 e. The van der Waals surface area contributed by atoms with Gasteiger partial charge in [0.05, 0.1) is 0 Å². The molecule has 2 aromatic rings. The molecule has 96 valence electrons. The van der Waals surface area contributed by atoms with E-state index in [-0.39, 0.29) is 12.2 Å². The normalized spacial score (nSPS) is 10.9. The van der Waals surface area contributed by atoms with Gasteiger partial charge in [0.25, 0.3) is 0 Å². The summed E-state index contributed by atoms with van der Waals surface area (Å²) in [5, 5.41) is 9.89. The zero-order valence-electron chi connectivity index (χ0n) is 10.9. The molecule has 18 heavy (non-hydrogen) atoms. The van der Waals surface area contributed by atoms with E-state index in [1.54, 1.807) is 0 Å². The summed E-state index contributed by atoms with van der Waals surface area (Å²) in [5.41, 5.74) is 2.67. The molecule has 1 aromatic carbocycles. The van der Waals surface area contributed by atoms with Crippen molar-refractivity contribution >= 4 is 16.7 Å². The van der Waals surface area contributed by atoms with E-state index in [1.807, 2.05) is 44.1 Å². The molecule has 0 aliphatic carbocycles. The third-order valence-corrected chi connectivity index (χ3v) is 3.15. The van der Waals surface area contributed by atoms with Gasteiger partial charge < -0.3 is 14.4 Å². The van der Waals surface area contributed by atoms with Crippen molar-refractivity contribution in [2.45, 2.75) is 13.3 Å². The monoisotopic (exact) mass is 247 g/mol. The van der Waals surface area contributed by atoms with Gasteiger partial charge in [0.15, 0.2) is 0 Å². The lowest BCUT2D eigenvalue weighted by Gasteiger charge is -2.13. The van der Waals surface area contributed by atoms with Crippen LogP contribution >= 0.6 is 0 Å². The highest BCUT2D eigenvalue weighted by Gasteiger charge is 2.11. The molecule has 4 nitrogen and oxygen atoms in total. The molecule has 1 N–H and O–H groups in total. The summed E-state index contributed by atoms with van der Waals surface area (Å²) in [6.07, 6.45) is 0.333. The standard InChI is InChI=1S/C14H17NO3/c1-9-11-5-4-10(15(2)3)8-13(11)18-14(17)12(9)6-7-16/h4-5,8,16H,6-7H2,1-3H3. The van der Waals surface area contributed by atoms with Crippen LogP contribution in [-0.2, 0) is 6.42 Å². The Morgan fingerprint density at radius 3 is 2.67 bits per heavy atom. The molecule has 1 heterocycles. The third kappa shape index (κ3) is 2.11. The molecule has 4 heteroatoms. The predicted octanol–water partition coefficient (Wildman–Crippen LogP) is 1.70. The van der Waals surface area contributed by atoms with E-state index in [0.29, 0.717) is 17.6 Å². The summed E-state index contributed by atoms with van der Waals surface area (Å²) >= 11 is 0. The number of fused-ring (bicyclic) bond motifs is 1. The summed E-state index contributed by atoms with van der Waals surface area (Å²) in [5.74, 6) is 0. The molecule has 0 radical (unpaired) electrons. The molecule has 0 unspecified atom stereocenters. The van der Waals surface area contributed by atoms with Crippen LogP contribution in [0.3, 0.4) is 0 Å². The predicted molar refractivity (Wildman–Crippen MR) is 72.3 cm³/mol. The van der Waals surface area contributed by atoms with E-state index < -0.39 is 0 Å². The van der Waals surface area contributed by atoms with Crippen molar-refractivity contribution in [2.75, 3.05) is 25.6 Å². The highest BCUT2D eigenvalue weighted by atomic mass is 16.4. The smallest absolute Gasteiger partial charge is 0.339 e. The quantitative estimate of drug-likeness (QED) is 0.839. The fourth-order valence-corrected chi connectivity index (χ4v) is 2.06. The molecule has 2 rings (SSSR count). The molecule has 0 saturated heterocycles. The van der Waals surface area contributed by atoms with Gasteiger partial charge in [0, 0.05) is 49.8 Å². The van der Waals surface area contributed by atoms with Gasteiger partial charge in [-0.1, -0.05) is 0 Å². The van der Waals surface area contributed by atoms with Gasteiger partial charge in [-0.25, -0.2) is 4.79 Å². The maximum Gasteiger partial charge on any atom is 0.339 e. The van der Waals surface area contributed by atoms with E-state index in [9.17, 15) is 4.79 Å². The minimum absolute atomic E-state index is 0.0487. The average molecular weight is 247 g/mol. The first-order valence-corrected chi connectivity index (χ1v) is 5.89. The number of anilines is 1. The van der Waals surface area contributed by atoms with Crippen molar-refractivity contribution in [3.8, 4) is 0 Å². The maximum atomic E-state index is 11.8. The summed E-state index contributed by atoms with van der Waals surface area (Å²) in [6, 6.07) is 5.79. The number of hydrogen-bond acceptors (Lipinski definition) is 4. The first-order chi connectivity index (χ1) is 8.54. The zero-order chi connectivity index (χ0) is 13.3. The molecule has 1 aromatic heterocycles. The Labute approximate surface area is 105 Å². The first kappa shape index (κ1) is 12.6. The van der Waals surface area contributed by atoms with Crippen LogP contribution in [0.5, 0.6) is 0 Å². The van der Waals surface area contributed by atoms with Crippen molar-refractivity contribution in [3.05, 3.63) is 39.7 Å². The van der Waals surface area contributed by atoms with Crippen LogP contribution < -0.4 is 10.5 Å². The van der Waals surface area contributed by atoms with Gasteiger partial charge in [-0.3, -0.25) is 0 Å². The number of aryl methyl sites for hydroxylation is 1. The highest BCUT2D eigenvalue weighted by molar-refractivity contribution is 5.84. The second-order valence-corrected chi connectivity index (χ2v) is 4.54. The van der Waals surface area contributed by atoms with Crippen LogP contribution in [0, 0.1) is 6.92 Å². The van der Waals surface area contributed by atoms with E-state index >= 15 is 0 Å². The van der Waals surface area contributed by atoms with Crippen LogP contribution in [-0.4, -0.2) is 25.8 Å². The number of aliphatic hydroxyl groups excluding tert-OH is 1. The van der Waals surface area contributed by atoms with Gasteiger partial charge in [-0.05, 0) is 24.6 Å². The average Bonchev–Trinajstić information content (AvgIpc) is 2.33. The van der Waals surface area contributed by atoms with Gasteiger partial charge in [-0.2, -0.15) is 0 Å². The lowest BCUT2D eigenvalue weighted by molar-refractivity contribution is 0.297. The lowest BCUT2D eigenvalue weighted by Crippen LogP contribution is -2.13. The van der Waals surface area contributed by atoms with Crippen molar-refractivity contribution in [1.82, 2.24) is 0 Å². The zero-order valence-corrected chi connectivity index (χ0v) is 10.9. The second-order valence-electron chi connectivity index (χ2n) is 4.54. The fraction of sp³-hybridized carbons (Fsp3) is 0.357. The van der Waals surface area contributed by atoms with Crippen LogP contribution in [0.25, 0.3) is 11.0 Å². The Balaban J connectivity index is 2.70. The van der Waals surface area contributed by atoms with Crippen LogP contribution in [0.2, 0.25) is 0 Å². The Morgan fingerprint density at radius 1 is 1.33 bits per heavy atom. The number of rotatable bonds is 3. The molecule has 0 fully saturated rings. The van der Waals surface area contributed by atoms with Crippen molar-refractivity contribution in [2.24, 2.45) is 0 Å². The summed E-state index contributed by atoms with van der Waals surface area (Å²) in [4.78, 5) is 13.8. The van der Waals surface area contributed by atoms with E-state index in [0.717, 1.165) is 16.6 Å². The van der Waals surface area contributed by atoms with E-state index in [1.165, 1.54) is 0 Å². The van der Waals surface area contributed by atoms with Gasteiger partial charge in [0.2, 0.25) is 0 Å². The molecule has 0 bridgehead atoms. The topological polar surface area (TPSA) is 53.7 Å². The first-order valence-electron chi connectivity index (χ1n) is 5.89. The maximum absolute atomic E-state index is 11.8. The van der Waals surface area contributed by atoms with Crippen molar-refractivity contribution in [1.29, 1.82) is 0 Å². The van der Waals surface area contributed by atoms with E-state index in [4.69, 9.17) is 9.52 Å². The number of nitrogens with zero attached hydrogens (tertiary/aromatic N) is 1. The molecule has 0 aliphatic heterocycles. The molecule has 0 aliphatic rings. The second kappa shape index (κ2) is 4.82. The third-order valence-electron chi connectivity index (χ3n) is 3.15. The molecule has 0 spiro atoms. The largest absolute Gasteiger partial charge is 0.422 e. The molecule has 0 saturated carbocycles. The summed E-state index contributed by atoms with van der Waals surface area (Å²) in [6.45, 7) is 1.84. The van der Waals surface area contributed by atoms with Crippen LogP contribution in [0.1, 0.15) is 11.1 Å².